The first-order valence-corrected chi connectivity index (χ1v) is 19.4. The average molecular weight is 664 g/mol. The molecule has 25 heavy (non-hydrogen) atoms. The van der Waals surface area contributed by atoms with Gasteiger partial charge >= 0.3 is 0 Å². The van der Waals surface area contributed by atoms with Crippen LogP contribution in [0.15, 0.2) is 57.2 Å². The molecule has 2 aromatic heterocycles. The molecule has 0 aliphatic heterocycles. The number of hydrogen-bond acceptors (Lipinski definition) is 6. The first kappa shape index (κ1) is 20.6. The largest absolute Gasteiger partial charge is 0.229 e. The molecule has 0 saturated carbocycles. The van der Waals surface area contributed by atoms with Crippen LogP contribution in [-0.2, 0) is 41.3 Å². The van der Waals surface area contributed by atoms with Gasteiger partial charge in [-0.1, -0.05) is 43.2 Å². The molecule has 2 unspecified atom stereocenters. The van der Waals surface area contributed by atoms with Crippen molar-refractivity contribution in [2.75, 3.05) is 5.08 Å². The molecule has 0 spiro atoms. The number of benzene rings is 2. The van der Waals surface area contributed by atoms with Gasteiger partial charge in [-0.25, -0.2) is 9.97 Å². The molecule has 10 heteroatoms. The van der Waals surface area contributed by atoms with E-state index < -0.39 is 0 Å². The van der Waals surface area contributed by atoms with E-state index in [1.54, 1.807) is 22.7 Å². The van der Waals surface area contributed by atoms with Crippen LogP contribution in [0.2, 0.25) is 0 Å². The van der Waals surface area contributed by atoms with E-state index in [4.69, 9.17) is 22.4 Å². The van der Waals surface area contributed by atoms with Crippen molar-refractivity contribution in [1.82, 2.24) is 9.97 Å². The topological polar surface area (TPSA) is 25.8 Å². The van der Waals surface area contributed by atoms with Crippen molar-refractivity contribution in [2.45, 2.75) is 8.68 Å². The van der Waals surface area contributed by atoms with Crippen LogP contribution in [0.25, 0.3) is 20.4 Å². The molecule has 0 N–H and O–H groups in total. The molecular formula is C15H10I2N2S6. The van der Waals surface area contributed by atoms with E-state index in [2.05, 4.69) is 59.3 Å². The fraction of sp³-hybridized carbons (Fsp3) is 0.0667. The second kappa shape index (κ2) is 9.85. The van der Waals surface area contributed by atoms with Crippen LogP contribution in [-0.4, -0.2) is 15.1 Å². The molecule has 2 atom stereocenters. The minimum absolute atomic E-state index is 0.353. The van der Waals surface area contributed by atoms with Crippen molar-refractivity contribution in [2.24, 2.45) is 0 Å². The third-order valence-corrected chi connectivity index (χ3v) is 12.5. The van der Waals surface area contributed by atoms with Crippen molar-refractivity contribution in [1.29, 1.82) is 0 Å². The summed E-state index contributed by atoms with van der Waals surface area (Å²) in [5.41, 5.74) is 2.05. The monoisotopic (exact) mass is 664 g/mol. The quantitative estimate of drug-likeness (QED) is 0.243. The molecular weight excluding hydrogens is 654 g/mol. The van der Waals surface area contributed by atoms with Crippen LogP contribution >= 0.6 is 59.9 Å². The van der Waals surface area contributed by atoms with E-state index in [9.17, 15) is 0 Å². The van der Waals surface area contributed by atoms with E-state index in [1.165, 1.54) is 9.40 Å². The fourth-order valence-corrected chi connectivity index (χ4v) is 10.7. The zero-order chi connectivity index (χ0) is 17.8. The molecule has 2 nitrogen and oxygen atoms in total. The van der Waals surface area contributed by atoms with Gasteiger partial charge in [-0.05, 0) is 46.6 Å². The molecule has 4 rings (SSSR count). The third kappa shape index (κ3) is 5.00. The van der Waals surface area contributed by atoms with Crippen molar-refractivity contribution >= 4 is 122 Å². The number of hydrogen-bond donors (Lipinski definition) is 0. The number of thiazole rings is 2. The predicted molar refractivity (Wildman–Crippen MR) is 138 cm³/mol. The smallest absolute Gasteiger partial charge is 0.156 e. The second-order valence-electron chi connectivity index (χ2n) is 4.70. The Morgan fingerprint density at radius 2 is 1.16 bits per heavy atom. The number of rotatable bonds is 4. The standard InChI is InChI=1S/C15H10N2S6.I2/c18-22(14-16-10-5-1-3-7-12(10)20-14)9-23(19)15-17-11-6-2-4-8-13(11)21-15;1-2/h1-8H,9H2;. The summed E-state index contributed by atoms with van der Waals surface area (Å²) in [6.45, 7) is 0. The Bertz CT molecular complexity index is 908. The summed E-state index contributed by atoms with van der Waals surface area (Å²) in [5, 5.41) is 0.768. The lowest BCUT2D eigenvalue weighted by atomic mass is 10.3. The second-order valence-corrected chi connectivity index (χ2v) is 12.8. The molecule has 4 aromatic rings. The van der Waals surface area contributed by atoms with Gasteiger partial charge in [0.2, 0.25) is 0 Å². The number of fused-ring (bicyclic) bond motifs is 2. The van der Waals surface area contributed by atoms with E-state index >= 15 is 0 Å². The molecule has 0 saturated heterocycles. The molecule has 0 aliphatic carbocycles. The Morgan fingerprint density at radius 1 is 0.760 bits per heavy atom. The van der Waals surface area contributed by atoms with E-state index in [1.807, 2.05) is 36.4 Å². The molecule has 0 bridgehead atoms. The Labute approximate surface area is 191 Å². The van der Waals surface area contributed by atoms with Gasteiger partial charge in [0, 0.05) is 37.2 Å². The number of para-hydroxylation sites is 2. The summed E-state index contributed by atoms with van der Waals surface area (Å²) < 4.78 is 4.41. The summed E-state index contributed by atoms with van der Waals surface area (Å²) in [6.07, 6.45) is 0. The highest BCUT2D eigenvalue weighted by Gasteiger charge is 2.13. The lowest BCUT2D eigenvalue weighted by molar-refractivity contribution is 1.30. The van der Waals surface area contributed by atoms with Crippen LogP contribution in [0.1, 0.15) is 0 Å². The highest BCUT2D eigenvalue weighted by molar-refractivity contribution is 15.0. The summed E-state index contributed by atoms with van der Waals surface area (Å²) in [4.78, 5) is 9.34. The molecule has 0 fully saturated rings. The molecule has 2 heterocycles. The fourth-order valence-electron chi connectivity index (χ4n) is 2.09. The van der Waals surface area contributed by atoms with Crippen LogP contribution in [0, 0.1) is 0 Å². The molecule has 0 radical (unpaired) electrons. The molecule has 2 aromatic carbocycles. The average Bonchev–Trinajstić information content (AvgIpc) is 3.27. The van der Waals surface area contributed by atoms with Crippen molar-refractivity contribution < 1.29 is 0 Å². The van der Waals surface area contributed by atoms with Gasteiger partial charge in [0.25, 0.3) is 0 Å². The summed E-state index contributed by atoms with van der Waals surface area (Å²) in [6, 6.07) is 16.3. The van der Waals surface area contributed by atoms with Gasteiger partial charge in [0.15, 0.2) is 8.68 Å². The predicted octanol–water partition coefficient (Wildman–Crippen LogP) is 6.21. The van der Waals surface area contributed by atoms with Gasteiger partial charge < -0.3 is 0 Å². The zero-order valence-electron chi connectivity index (χ0n) is 12.4. The van der Waals surface area contributed by atoms with Gasteiger partial charge in [-0.2, -0.15) is 0 Å². The maximum atomic E-state index is 5.69. The normalized spacial score (nSPS) is 13.4. The maximum absolute atomic E-state index is 5.69. The highest BCUT2D eigenvalue weighted by atomic mass is 128. The van der Waals surface area contributed by atoms with Crippen molar-refractivity contribution in [3.63, 3.8) is 0 Å². The Balaban J connectivity index is 0.000000880. The first-order chi connectivity index (χ1) is 12.2. The SMILES string of the molecule is II.S=S(CS(=S)c1nc2ccccc2s1)c1nc2ccccc2s1. The van der Waals surface area contributed by atoms with Gasteiger partial charge in [0.1, 0.15) is 0 Å². The number of halogens is 2. The first-order valence-electron chi connectivity index (χ1n) is 6.83. The van der Waals surface area contributed by atoms with Crippen molar-refractivity contribution in [3.8, 4) is 0 Å². The maximum Gasteiger partial charge on any atom is 0.156 e. The Morgan fingerprint density at radius 3 is 1.56 bits per heavy atom. The minimum atomic E-state index is -0.353. The zero-order valence-corrected chi connectivity index (χ0v) is 21.6. The lowest BCUT2D eigenvalue weighted by Gasteiger charge is -2.02. The van der Waals surface area contributed by atoms with Crippen LogP contribution in [0.5, 0.6) is 0 Å². The van der Waals surface area contributed by atoms with E-state index in [0.29, 0.717) is 0 Å². The van der Waals surface area contributed by atoms with Gasteiger partial charge in [-0.3, -0.25) is 0 Å². The van der Waals surface area contributed by atoms with Crippen LogP contribution < -0.4 is 0 Å². The lowest BCUT2D eigenvalue weighted by Crippen LogP contribution is -2.02. The summed E-state index contributed by atoms with van der Waals surface area (Å²) in [5.74, 6) is 0. The Kier molecular flexibility index (Phi) is 8.09. The van der Waals surface area contributed by atoms with Crippen LogP contribution in [0.3, 0.4) is 0 Å². The molecule has 0 aliphatic rings. The summed E-state index contributed by atoms with van der Waals surface area (Å²) in [7, 11) is -0.705. The van der Waals surface area contributed by atoms with Crippen molar-refractivity contribution in [3.05, 3.63) is 48.5 Å². The van der Waals surface area contributed by atoms with Crippen LogP contribution in [0.4, 0.5) is 0 Å². The van der Waals surface area contributed by atoms with E-state index in [-0.39, 0.29) is 18.9 Å². The van der Waals surface area contributed by atoms with E-state index in [0.717, 1.165) is 24.8 Å². The minimum Gasteiger partial charge on any atom is -0.229 e. The van der Waals surface area contributed by atoms with Gasteiger partial charge in [0.05, 0.1) is 25.5 Å². The van der Waals surface area contributed by atoms with Gasteiger partial charge in [-0.15, -0.1) is 22.7 Å². The third-order valence-electron chi connectivity index (χ3n) is 3.15. The summed E-state index contributed by atoms with van der Waals surface area (Å²) >= 11 is 19.0. The number of aromatic nitrogens is 2. The number of nitrogens with zero attached hydrogens (tertiary/aromatic N) is 2. The highest BCUT2D eigenvalue weighted by Crippen LogP contribution is 2.27. The molecule has 130 valence electrons. The Hall–Kier alpha value is 0.820. The molecule has 0 amide bonds.